The molecule has 2 fully saturated rings. The molecule has 0 bridgehead atoms. The van der Waals surface area contributed by atoms with Crippen molar-refractivity contribution in [3.05, 3.63) is 5.01 Å². The molecule has 128 valence electrons. The highest BCUT2D eigenvalue weighted by atomic mass is 32.2. The van der Waals surface area contributed by atoms with Gasteiger partial charge in [-0.3, -0.25) is 4.79 Å². The summed E-state index contributed by atoms with van der Waals surface area (Å²) < 4.78 is 0.920. The quantitative estimate of drug-likeness (QED) is 0.735. The first-order valence-electron chi connectivity index (χ1n) is 8.98. The molecule has 2 aliphatic carbocycles. The topological polar surface area (TPSA) is 46.1 Å². The minimum atomic E-state index is 0.321. The Labute approximate surface area is 147 Å². The number of carbonyl (C=O) groups is 1. The van der Waals surface area contributed by atoms with Crippen molar-refractivity contribution < 1.29 is 4.79 Å². The average molecular weight is 354 g/mol. The van der Waals surface area contributed by atoms with Crippen LogP contribution in [0.3, 0.4) is 0 Å². The Balaban J connectivity index is 1.64. The van der Waals surface area contributed by atoms with Crippen molar-refractivity contribution in [3.8, 4) is 0 Å². The van der Waals surface area contributed by atoms with Crippen LogP contribution < -0.4 is 0 Å². The molecule has 1 amide bonds. The number of nitrogens with zero attached hydrogens (tertiary/aromatic N) is 3. The zero-order chi connectivity index (χ0) is 16.1. The standard InChI is InChI=1S/C17H27N3OS2/c1-13-18-19-17(23-13)22-12-16(21)20(14-8-4-2-5-9-14)15-10-6-3-7-11-15/h14-15H,2-12H2,1H3. The molecule has 0 N–H and O–H groups in total. The fourth-order valence-electron chi connectivity index (χ4n) is 3.96. The first-order valence-corrected chi connectivity index (χ1v) is 10.8. The second kappa shape index (κ2) is 8.47. The third-order valence-corrected chi connectivity index (χ3v) is 7.01. The van der Waals surface area contributed by atoms with Gasteiger partial charge < -0.3 is 4.90 Å². The number of carbonyl (C=O) groups excluding carboxylic acids is 1. The predicted octanol–water partition coefficient (Wildman–Crippen LogP) is 4.43. The number of aromatic nitrogens is 2. The summed E-state index contributed by atoms with van der Waals surface area (Å²) in [5, 5.41) is 9.14. The summed E-state index contributed by atoms with van der Waals surface area (Å²) in [6.07, 6.45) is 12.6. The van der Waals surface area contributed by atoms with Crippen LogP contribution >= 0.6 is 23.1 Å². The van der Waals surface area contributed by atoms with Gasteiger partial charge in [0.15, 0.2) is 4.34 Å². The Morgan fingerprint density at radius 3 is 2.09 bits per heavy atom. The van der Waals surface area contributed by atoms with Crippen LogP contribution in [0.2, 0.25) is 0 Å². The van der Waals surface area contributed by atoms with E-state index in [0.29, 0.717) is 23.7 Å². The van der Waals surface area contributed by atoms with Crippen molar-refractivity contribution in [2.75, 3.05) is 5.75 Å². The largest absolute Gasteiger partial charge is 0.336 e. The molecule has 2 saturated carbocycles. The van der Waals surface area contributed by atoms with Crippen molar-refractivity contribution in [3.63, 3.8) is 0 Å². The number of hydrogen-bond donors (Lipinski definition) is 0. The molecule has 3 rings (SSSR count). The Kier molecular flexibility index (Phi) is 6.34. The molecule has 0 aromatic carbocycles. The van der Waals surface area contributed by atoms with Crippen LogP contribution in [0.1, 0.15) is 69.2 Å². The maximum Gasteiger partial charge on any atom is 0.233 e. The van der Waals surface area contributed by atoms with E-state index in [0.717, 1.165) is 9.35 Å². The highest BCUT2D eigenvalue weighted by Crippen LogP contribution is 2.31. The second-order valence-electron chi connectivity index (χ2n) is 6.76. The average Bonchev–Trinajstić information content (AvgIpc) is 3.01. The van der Waals surface area contributed by atoms with Gasteiger partial charge in [0, 0.05) is 12.1 Å². The van der Waals surface area contributed by atoms with E-state index in [1.807, 2.05) is 6.92 Å². The second-order valence-corrected chi connectivity index (χ2v) is 9.16. The maximum absolute atomic E-state index is 13.0. The summed E-state index contributed by atoms with van der Waals surface area (Å²) in [5.74, 6) is 0.836. The zero-order valence-electron chi connectivity index (χ0n) is 14.0. The molecule has 1 aromatic heterocycles. The van der Waals surface area contributed by atoms with Crippen LogP contribution in [-0.4, -0.2) is 38.8 Å². The van der Waals surface area contributed by atoms with Gasteiger partial charge in [-0.2, -0.15) is 0 Å². The Hall–Kier alpha value is -0.620. The van der Waals surface area contributed by atoms with Gasteiger partial charge in [0.2, 0.25) is 5.91 Å². The molecule has 0 unspecified atom stereocenters. The van der Waals surface area contributed by atoms with Crippen LogP contribution in [0.5, 0.6) is 0 Å². The lowest BCUT2D eigenvalue weighted by molar-refractivity contribution is -0.135. The third-order valence-electron chi connectivity index (χ3n) is 5.05. The molecule has 1 heterocycles. The number of hydrogen-bond acceptors (Lipinski definition) is 5. The maximum atomic E-state index is 13.0. The van der Waals surface area contributed by atoms with E-state index < -0.39 is 0 Å². The van der Waals surface area contributed by atoms with Crippen molar-refractivity contribution in [2.24, 2.45) is 0 Å². The van der Waals surface area contributed by atoms with Crippen LogP contribution in [0, 0.1) is 6.92 Å². The Bertz CT molecular complexity index is 490. The fraction of sp³-hybridized carbons (Fsp3) is 0.824. The van der Waals surface area contributed by atoms with Crippen LogP contribution in [0.15, 0.2) is 4.34 Å². The van der Waals surface area contributed by atoms with Gasteiger partial charge in [-0.1, -0.05) is 61.6 Å². The lowest BCUT2D eigenvalue weighted by Gasteiger charge is -2.41. The smallest absolute Gasteiger partial charge is 0.233 e. The highest BCUT2D eigenvalue weighted by molar-refractivity contribution is 8.01. The third kappa shape index (κ3) is 4.69. The Morgan fingerprint density at radius 1 is 1.04 bits per heavy atom. The minimum absolute atomic E-state index is 0.321. The summed E-state index contributed by atoms with van der Waals surface area (Å²) >= 11 is 3.14. The van der Waals surface area contributed by atoms with E-state index in [-0.39, 0.29) is 0 Å². The summed E-state index contributed by atoms with van der Waals surface area (Å²) in [6, 6.07) is 0.965. The molecule has 0 aliphatic heterocycles. The molecule has 2 aliphatic rings. The van der Waals surface area contributed by atoms with E-state index in [2.05, 4.69) is 15.1 Å². The molecular weight excluding hydrogens is 326 g/mol. The Morgan fingerprint density at radius 2 is 1.61 bits per heavy atom. The van der Waals surface area contributed by atoms with Gasteiger partial charge in [0.1, 0.15) is 5.01 Å². The van der Waals surface area contributed by atoms with Gasteiger partial charge >= 0.3 is 0 Å². The molecule has 1 aromatic rings. The van der Waals surface area contributed by atoms with Gasteiger partial charge in [-0.25, -0.2) is 0 Å². The van der Waals surface area contributed by atoms with Crippen LogP contribution in [0.4, 0.5) is 0 Å². The number of amides is 1. The van der Waals surface area contributed by atoms with E-state index in [4.69, 9.17) is 0 Å². The first kappa shape index (κ1) is 17.2. The number of thioether (sulfide) groups is 1. The molecular formula is C17H27N3OS2. The summed E-state index contributed by atoms with van der Waals surface area (Å²) in [4.78, 5) is 15.3. The molecule has 0 atom stereocenters. The molecule has 0 radical (unpaired) electrons. The van der Waals surface area contributed by atoms with Crippen molar-refractivity contribution >= 4 is 29.0 Å². The zero-order valence-corrected chi connectivity index (χ0v) is 15.6. The molecule has 6 heteroatoms. The van der Waals surface area contributed by atoms with Gasteiger partial charge in [0.25, 0.3) is 0 Å². The normalized spacial score (nSPS) is 20.6. The predicted molar refractivity (Wildman–Crippen MR) is 96.0 cm³/mol. The minimum Gasteiger partial charge on any atom is -0.336 e. The van der Waals surface area contributed by atoms with Crippen molar-refractivity contribution in [1.29, 1.82) is 0 Å². The number of aryl methyl sites for hydroxylation is 1. The molecule has 4 nitrogen and oxygen atoms in total. The summed E-state index contributed by atoms with van der Waals surface area (Å²) in [7, 11) is 0. The molecule has 0 saturated heterocycles. The van der Waals surface area contributed by atoms with Crippen LogP contribution in [-0.2, 0) is 4.79 Å². The first-order chi connectivity index (χ1) is 11.2. The molecule has 0 spiro atoms. The monoisotopic (exact) mass is 353 g/mol. The van der Waals surface area contributed by atoms with E-state index in [9.17, 15) is 4.79 Å². The summed E-state index contributed by atoms with van der Waals surface area (Å²) in [6.45, 7) is 1.96. The van der Waals surface area contributed by atoms with Gasteiger partial charge in [-0.05, 0) is 32.6 Å². The highest BCUT2D eigenvalue weighted by Gasteiger charge is 2.32. The lowest BCUT2D eigenvalue weighted by atomic mass is 9.88. The van der Waals surface area contributed by atoms with Gasteiger partial charge in [-0.15, -0.1) is 10.2 Å². The van der Waals surface area contributed by atoms with E-state index in [1.54, 1.807) is 23.1 Å². The lowest BCUT2D eigenvalue weighted by Crippen LogP contribution is -2.49. The molecule has 23 heavy (non-hydrogen) atoms. The number of rotatable bonds is 5. The van der Waals surface area contributed by atoms with Crippen LogP contribution in [0.25, 0.3) is 0 Å². The SMILES string of the molecule is Cc1nnc(SCC(=O)N(C2CCCCC2)C2CCCCC2)s1. The van der Waals surface area contributed by atoms with E-state index >= 15 is 0 Å². The van der Waals surface area contributed by atoms with Gasteiger partial charge in [0.05, 0.1) is 5.75 Å². The van der Waals surface area contributed by atoms with Crippen molar-refractivity contribution in [2.45, 2.75) is 87.6 Å². The summed E-state index contributed by atoms with van der Waals surface area (Å²) in [5.41, 5.74) is 0. The van der Waals surface area contributed by atoms with Crippen molar-refractivity contribution in [1.82, 2.24) is 15.1 Å². The van der Waals surface area contributed by atoms with E-state index in [1.165, 1.54) is 64.2 Å². The fourth-order valence-corrected chi connectivity index (χ4v) is 5.64.